The fourth-order valence-electron chi connectivity index (χ4n) is 9.96. The highest BCUT2D eigenvalue weighted by molar-refractivity contribution is 5.94. The van der Waals surface area contributed by atoms with Crippen molar-refractivity contribution in [2.24, 2.45) is 23.7 Å². The van der Waals surface area contributed by atoms with Gasteiger partial charge in [0.05, 0.1) is 35.3 Å². The number of likely N-dealkylation sites (tertiary alicyclic amines) is 1. The summed E-state index contributed by atoms with van der Waals surface area (Å²) in [6, 6.07) is -5.10. The molecule has 0 aromatic carbocycles. The number of hydrogen-bond donors (Lipinski definition) is 14. The molecule has 0 aromatic heterocycles. The number of likely N-dealkylation sites (N-methyl/N-ethyl adjacent to an activating group) is 1. The molecule has 6 amide bonds. The van der Waals surface area contributed by atoms with E-state index in [9.17, 15) is 54.3 Å². The zero-order valence-electron chi connectivity index (χ0n) is 53.7. The molecule has 14 N–H and O–H groups in total. The normalized spacial score (nSPS) is 19.1. The number of hydrogen-bond acceptors (Lipinski definition) is 16. The van der Waals surface area contributed by atoms with Gasteiger partial charge in [0.2, 0.25) is 35.4 Å². The lowest BCUT2D eigenvalue weighted by atomic mass is 9.94. The monoisotopic (exact) mass is 1170 g/mol. The number of nitrogens with one attached hydrogen (secondary N) is 9. The zero-order valence-corrected chi connectivity index (χ0v) is 53.7. The topological polar surface area (TPSA) is 318 Å². The van der Waals surface area contributed by atoms with Crippen LogP contribution >= 0.6 is 0 Å². The van der Waals surface area contributed by atoms with Crippen molar-refractivity contribution >= 4 is 35.4 Å². The van der Waals surface area contributed by atoms with Crippen LogP contribution in [0.2, 0.25) is 0 Å². The van der Waals surface area contributed by atoms with Crippen molar-refractivity contribution in [2.75, 3.05) is 33.7 Å². The van der Waals surface area contributed by atoms with Crippen molar-refractivity contribution in [3.05, 3.63) is 12.2 Å². The first-order valence-electron chi connectivity index (χ1n) is 30.6. The summed E-state index contributed by atoms with van der Waals surface area (Å²) in [5.41, 5.74) is -4.36. The Bertz CT molecular complexity index is 1950. The Balaban J connectivity index is 3.32. The third-order valence-electron chi connectivity index (χ3n) is 14.9. The summed E-state index contributed by atoms with van der Waals surface area (Å²) in [6.07, 6.45) is 5.35. The Morgan fingerprint density at radius 3 is 1.87 bits per heavy atom. The minimum Gasteiger partial charge on any atom is -0.391 e. The van der Waals surface area contributed by atoms with Gasteiger partial charge in [-0.25, -0.2) is 0 Å². The van der Waals surface area contributed by atoms with Crippen molar-refractivity contribution in [3.63, 3.8) is 0 Å². The van der Waals surface area contributed by atoms with Crippen LogP contribution in [0.15, 0.2) is 12.2 Å². The summed E-state index contributed by atoms with van der Waals surface area (Å²) in [7, 11) is 3.86. The van der Waals surface area contributed by atoms with E-state index in [1.165, 1.54) is 19.9 Å². The van der Waals surface area contributed by atoms with Gasteiger partial charge in [0.15, 0.2) is 0 Å². The van der Waals surface area contributed by atoms with Crippen LogP contribution in [-0.2, 0) is 28.8 Å². The first-order chi connectivity index (χ1) is 38.0. The molecule has 1 rings (SSSR count). The molecule has 1 heterocycles. The Morgan fingerprint density at radius 1 is 0.683 bits per heavy atom. The molecule has 0 aromatic rings. The summed E-state index contributed by atoms with van der Waals surface area (Å²) in [5.74, 6) is -3.64. The Hall–Kier alpha value is -3.84. The van der Waals surface area contributed by atoms with Gasteiger partial charge in [-0.05, 0) is 124 Å². The van der Waals surface area contributed by atoms with E-state index in [4.69, 9.17) is 0 Å². The number of amides is 6. The summed E-state index contributed by atoms with van der Waals surface area (Å²) >= 11 is 0. The molecule has 0 spiro atoms. The Morgan fingerprint density at radius 2 is 1.29 bits per heavy atom. The van der Waals surface area contributed by atoms with E-state index in [1.807, 2.05) is 67.5 Å². The summed E-state index contributed by atoms with van der Waals surface area (Å²) < 4.78 is 0. The second-order valence-corrected chi connectivity index (χ2v) is 26.4. The van der Waals surface area contributed by atoms with Gasteiger partial charge >= 0.3 is 0 Å². The number of carbonyl (C=O) groups excluding carboxylic acids is 6. The van der Waals surface area contributed by atoms with E-state index in [2.05, 4.69) is 54.8 Å². The van der Waals surface area contributed by atoms with E-state index >= 15 is 0 Å². The average Bonchev–Trinajstić information content (AvgIpc) is 3.81. The second-order valence-electron chi connectivity index (χ2n) is 26.4. The first kappa shape index (κ1) is 76.2. The first-order valence-corrected chi connectivity index (χ1v) is 30.6. The van der Waals surface area contributed by atoms with Gasteiger partial charge in [-0.2, -0.15) is 0 Å². The Kier molecular flexibility index (Phi) is 34.3. The fourth-order valence-corrected chi connectivity index (χ4v) is 9.96. The summed E-state index contributed by atoms with van der Waals surface area (Å²) in [6.45, 7) is 29.6. The lowest BCUT2D eigenvalue weighted by molar-refractivity contribution is -0.136. The molecule has 0 bridgehead atoms. The lowest BCUT2D eigenvalue weighted by Crippen LogP contribution is -2.67. The summed E-state index contributed by atoms with van der Waals surface area (Å²) in [5, 5.41) is 83.7. The zero-order chi connectivity index (χ0) is 62.9. The highest BCUT2D eigenvalue weighted by Gasteiger charge is 2.43. The third-order valence-corrected chi connectivity index (χ3v) is 14.9. The number of unbranched alkanes of at least 4 members (excludes halogenated alkanes) is 6. The number of rotatable bonds is 41. The van der Waals surface area contributed by atoms with Gasteiger partial charge in [-0.15, -0.1) is 0 Å². The average molecular weight is 1170 g/mol. The molecule has 1 aliphatic heterocycles. The van der Waals surface area contributed by atoms with E-state index in [1.54, 1.807) is 52.5 Å². The maximum absolute atomic E-state index is 14.4. The Labute approximate surface area is 493 Å². The van der Waals surface area contributed by atoms with Crippen LogP contribution in [0.5, 0.6) is 0 Å². The molecule has 478 valence electrons. The highest BCUT2D eigenvalue weighted by Crippen LogP contribution is 2.25. The third kappa shape index (κ3) is 27.9. The molecule has 22 heteroatoms. The number of aliphatic hydroxyl groups excluding tert-OH is 5. The summed E-state index contributed by atoms with van der Waals surface area (Å²) in [4.78, 5) is 86.8. The van der Waals surface area contributed by atoms with Crippen LogP contribution in [0.1, 0.15) is 194 Å². The maximum Gasteiger partial charge on any atom is 0.246 e. The number of nitrogens with zero attached hydrogens (tertiary/aromatic N) is 2. The van der Waals surface area contributed by atoms with Crippen LogP contribution in [0, 0.1) is 23.7 Å². The molecule has 0 radical (unpaired) electrons. The van der Waals surface area contributed by atoms with Gasteiger partial charge in [0.25, 0.3) is 0 Å². The van der Waals surface area contributed by atoms with Gasteiger partial charge in [-0.3, -0.25) is 50.0 Å². The van der Waals surface area contributed by atoms with Crippen LogP contribution in [0.25, 0.3) is 0 Å². The molecule has 22 nitrogen and oxygen atoms in total. The molecule has 1 fully saturated rings. The molecule has 0 saturated carbocycles. The molecule has 1 aliphatic rings. The van der Waals surface area contributed by atoms with Crippen molar-refractivity contribution in [1.82, 2.24) is 57.7 Å². The lowest BCUT2D eigenvalue weighted by Gasteiger charge is -2.39. The van der Waals surface area contributed by atoms with Crippen LogP contribution in [0.3, 0.4) is 0 Å². The number of allylic oxidation sites excluding steroid dienone is 1. The molecule has 1 saturated heterocycles. The SMILES string of the molecule is CCC/C=C/C(=O)N1C[C@@H](C)C[C@H]1C(=O)N[C@@H](CCCCCCCC)C(O)N[C@H](C(=O)NC(C)(C)C(O)N[C@@H](CC(C)C)C(=O)N[C@@H](CC(C)C)C(O)NC(C)(C)C(=O)NC(C)(C)C(=O)NCCC(O)N[C@@H](C)CN(C)C)[C@H](O)C(C)C. The van der Waals surface area contributed by atoms with Crippen LogP contribution in [-0.4, -0.2) is 188 Å². The molecule has 82 heavy (non-hydrogen) atoms. The molecule has 12 atom stereocenters. The molecule has 4 unspecified atom stereocenters. The van der Waals surface area contributed by atoms with Gasteiger partial charge in [0.1, 0.15) is 42.5 Å². The van der Waals surface area contributed by atoms with Crippen LogP contribution in [0.4, 0.5) is 0 Å². The largest absolute Gasteiger partial charge is 0.391 e. The maximum atomic E-state index is 14.4. The van der Waals surface area contributed by atoms with Crippen molar-refractivity contribution in [1.29, 1.82) is 0 Å². The smallest absolute Gasteiger partial charge is 0.246 e. The van der Waals surface area contributed by atoms with E-state index in [-0.39, 0.29) is 55.5 Å². The van der Waals surface area contributed by atoms with Gasteiger partial charge in [-0.1, -0.05) is 113 Å². The van der Waals surface area contributed by atoms with E-state index < -0.39 is 113 Å². The van der Waals surface area contributed by atoms with E-state index in [0.717, 1.165) is 44.9 Å². The minimum absolute atomic E-state index is 0.0131. The van der Waals surface area contributed by atoms with Crippen molar-refractivity contribution in [3.8, 4) is 0 Å². The minimum atomic E-state index is -1.57. The van der Waals surface area contributed by atoms with E-state index in [0.29, 0.717) is 32.4 Å². The predicted octanol–water partition coefficient (Wildman–Crippen LogP) is 2.80. The van der Waals surface area contributed by atoms with Crippen LogP contribution < -0.4 is 47.9 Å². The van der Waals surface area contributed by atoms with Crippen molar-refractivity contribution < 1.29 is 54.3 Å². The van der Waals surface area contributed by atoms with Gasteiger partial charge < -0.3 is 61.9 Å². The second kappa shape index (κ2) is 36.9. The quantitative estimate of drug-likeness (QED) is 0.0238. The standard InChI is InChI=1S/C60H117N11O11/c1-19-21-23-24-25-27-28-42(63-53(78)45-34-40(9)35-71(45)47(73)29-26-22-20-2)50(75)66-48(49(74)39(7)8)54(79)68-59(13,14)56(81)65-43(32-37(3)4)51(76)64-44(33-38(5)6)52(77)67-60(15,16)57(82)69-58(11,12)55(80)61-31-30-46(72)62-41(10)36-70(17)18/h26,29,37-46,48-50,52,56,62,65-67,72,74-75,77,81H,19-25,27-28,30-36H2,1-18H3,(H,61,80)(H,63,78)(H,64,76)(H,68,79)(H,69,82)/b29-26+/t40-,41-,42-,43-,44-,45-,46?,48-,49+,50?,52?,56?/m0/s1. The predicted molar refractivity (Wildman–Crippen MR) is 323 cm³/mol. The fraction of sp³-hybridized carbons (Fsp3) is 0.867. The molecular weight excluding hydrogens is 1050 g/mol. The highest BCUT2D eigenvalue weighted by atomic mass is 16.3. The molecule has 0 aliphatic carbocycles. The number of aliphatic hydroxyl groups is 5. The molecular formula is C60H117N11O11. The van der Waals surface area contributed by atoms with Gasteiger partial charge in [0, 0.05) is 32.1 Å². The number of carbonyl (C=O) groups is 6. The van der Waals surface area contributed by atoms with Crippen molar-refractivity contribution in [2.45, 2.75) is 278 Å².